The van der Waals surface area contributed by atoms with Crippen LogP contribution in [0.5, 0.6) is 0 Å². The van der Waals surface area contributed by atoms with E-state index in [9.17, 15) is 0 Å². The van der Waals surface area contributed by atoms with Gasteiger partial charge in [0.2, 0.25) is 0 Å². The van der Waals surface area contributed by atoms with Gasteiger partial charge in [-0.05, 0) is 32.4 Å². The Bertz CT molecular complexity index is 158. The molecule has 0 bridgehead atoms. The summed E-state index contributed by atoms with van der Waals surface area (Å²) in [7, 11) is 0. The molecule has 0 radical (unpaired) electrons. The molecule has 0 atom stereocenters. The second-order valence-electron chi connectivity index (χ2n) is 3.38. The maximum Gasteiger partial charge on any atom is 0.0230 e. The Labute approximate surface area is 62.4 Å². The summed E-state index contributed by atoms with van der Waals surface area (Å²) < 4.78 is 0. The molecule has 10 heavy (non-hydrogen) atoms. The van der Waals surface area contributed by atoms with Gasteiger partial charge in [0.15, 0.2) is 0 Å². The Morgan fingerprint density at radius 3 is 2.40 bits per heavy atom. The molecule has 0 unspecified atom stereocenters. The van der Waals surface area contributed by atoms with E-state index in [0.29, 0.717) is 5.92 Å². The van der Waals surface area contributed by atoms with Crippen molar-refractivity contribution in [3.05, 3.63) is 0 Å². The fourth-order valence-electron chi connectivity index (χ4n) is 1.73. The highest BCUT2D eigenvalue weighted by Crippen LogP contribution is 2.33. The van der Waals surface area contributed by atoms with E-state index in [1.165, 1.54) is 32.4 Å². The number of likely N-dealkylation sites (tertiary alicyclic amines) is 1. The molecule has 54 valence electrons. The summed E-state index contributed by atoms with van der Waals surface area (Å²) in [5.41, 5.74) is 0. The predicted molar refractivity (Wildman–Crippen MR) is 41.5 cm³/mol. The Hall–Kier alpha value is -0.480. The highest BCUT2D eigenvalue weighted by molar-refractivity contribution is 5.04. The van der Waals surface area contributed by atoms with Gasteiger partial charge in [0, 0.05) is 12.0 Å². The second-order valence-corrected chi connectivity index (χ2v) is 3.38. The number of hydrogen-bond donors (Lipinski definition) is 0. The summed E-state index contributed by atoms with van der Waals surface area (Å²) in [5, 5.41) is 0. The van der Waals surface area contributed by atoms with Gasteiger partial charge in [-0.25, -0.2) is 0 Å². The van der Waals surface area contributed by atoms with Crippen LogP contribution in [0, 0.1) is 18.3 Å². The van der Waals surface area contributed by atoms with Crippen LogP contribution in [-0.2, 0) is 0 Å². The van der Waals surface area contributed by atoms with Gasteiger partial charge in [-0.15, -0.1) is 12.3 Å². The summed E-state index contributed by atoms with van der Waals surface area (Å²) in [6, 6.07) is 0.856. The summed E-state index contributed by atoms with van der Waals surface area (Å²) in [6.07, 6.45) is 9.21. The smallest absolute Gasteiger partial charge is 0.0230 e. The molecule has 0 aromatic rings. The standard InChI is InChI=1S/C9H13N/c1-2-8-6-9(7-8)10-4-3-5-10/h1,8-9H,3-7H2. The van der Waals surface area contributed by atoms with Crippen LogP contribution in [0.4, 0.5) is 0 Å². The van der Waals surface area contributed by atoms with Crippen LogP contribution >= 0.6 is 0 Å². The topological polar surface area (TPSA) is 3.24 Å². The maximum atomic E-state index is 5.29. The van der Waals surface area contributed by atoms with Crippen molar-refractivity contribution in [2.75, 3.05) is 13.1 Å². The number of rotatable bonds is 1. The fraction of sp³-hybridized carbons (Fsp3) is 0.778. The summed E-state index contributed by atoms with van der Waals surface area (Å²) in [5.74, 6) is 3.41. The first-order valence-electron chi connectivity index (χ1n) is 4.10. The van der Waals surface area contributed by atoms with Crippen molar-refractivity contribution < 1.29 is 0 Å². The van der Waals surface area contributed by atoms with E-state index in [1.807, 2.05) is 0 Å². The molecular formula is C9H13N. The third-order valence-corrected chi connectivity index (χ3v) is 2.76. The van der Waals surface area contributed by atoms with Crippen LogP contribution in [0.1, 0.15) is 19.3 Å². The molecular weight excluding hydrogens is 122 g/mol. The van der Waals surface area contributed by atoms with Crippen molar-refractivity contribution in [1.82, 2.24) is 4.90 Å². The van der Waals surface area contributed by atoms with Gasteiger partial charge in [0.05, 0.1) is 0 Å². The quantitative estimate of drug-likeness (QED) is 0.487. The fourth-order valence-corrected chi connectivity index (χ4v) is 1.73. The zero-order chi connectivity index (χ0) is 6.97. The van der Waals surface area contributed by atoms with E-state index in [1.54, 1.807) is 0 Å². The van der Waals surface area contributed by atoms with Gasteiger partial charge in [0.1, 0.15) is 0 Å². The first-order chi connectivity index (χ1) is 4.90. The number of nitrogens with zero attached hydrogens (tertiary/aromatic N) is 1. The zero-order valence-electron chi connectivity index (χ0n) is 6.21. The normalized spacial score (nSPS) is 39.5. The van der Waals surface area contributed by atoms with Crippen LogP contribution in [0.3, 0.4) is 0 Å². The Balaban J connectivity index is 1.75. The first-order valence-corrected chi connectivity index (χ1v) is 4.10. The van der Waals surface area contributed by atoms with E-state index < -0.39 is 0 Å². The molecule has 2 fully saturated rings. The molecule has 2 rings (SSSR count). The average molecular weight is 135 g/mol. The van der Waals surface area contributed by atoms with Crippen molar-refractivity contribution in [3.8, 4) is 12.3 Å². The largest absolute Gasteiger partial charge is 0.300 e. The van der Waals surface area contributed by atoms with Crippen molar-refractivity contribution in [2.45, 2.75) is 25.3 Å². The summed E-state index contributed by atoms with van der Waals surface area (Å²) in [4.78, 5) is 2.55. The van der Waals surface area contributed by atoms with Crippen LogP contribution in [0.2, 0.25) is 0 Å². The molecule has 0 aromatic carbocycles. The molecule has 1 aliphatic heterocycles. The maximum absolute atomic E-state index is 5.29. The minimum atomic E-state index is 0.602. The van der Waals surface area contributed by atoms with Crippen LogP contribution < -0.4 is 0 Å². The van der Waals surface area contributed by atoms with Gasteiger partial charge in [-0.2, -0.15) is 0 Å². The predicted octanol–water partition coefficient (Wildman–Crippen LogP) is 1.10. The molecule has 1 saturated carbocycles. The molecule has 1 saturated heterocycles. The van der Waals surface area contributed by atoms with E-state index >= 15 is 0 Å². The molecule has 0 amide bonds. The van der Waals surface area contributed by atoms with Crippen molar-refractivity contribution in [3.63, 3.8) is 0 Å². The first kappa shape index (κ1) is 6.24. The average Bonchev–Trinajstić information content (AvgIpc) is 1.72. The third-order valence-electron chi connectivity index (χ3n) is 2.76. The van der Waals surface area contributed by atoms with Gasteiger partial charge < -0.3 is 4.90 Å². The van der Waals surface area contributed by atoms with Crippen LogP contribution in [0.25, 0.3) is 0 Å². The van der Waals surface area contributed by atoms with E-state index in [0.717, 1.165) is 6.04 Å². The minimum absolute atomic E-state index is 0.602. The van der Waals surface area contributed by atoms with Gasteiger partial charge >= 0.3 is 0 Å². The molecule has 1 nitrogen and oxygen atoms in total. The lowest BCUT2D eigenvalue weighted by molar-refractivity contribution is 0.0485. The monoisotopic (exact) mass is 135 g/mol. The van der Waals surface area contributed by atoms with Gasteiger partial charge in [-0.1, -0.05) is 0 Å². The molecule has 0 N–H and O–H groups in total. The molecule has 1 aliphatic carbocycles. The van der Waals surface area contributed by atoms with Crippen molar-refractivity contribution >= 4 is 0 Å². The van der Waals surface area contributed by atoms with Crippen LogP contribution in [-0.4, -0.2) is 24.0 Å². The highest BCUT2D eigenvalue weighted by Gasteiger charge is 2.34. The van der Waals surface area contributed by atoms with Gasteiger partial charge in [-0.3, -0.25) is 0 Å². The molecule has 1 heterocycles. The second kappa shape index (κ2) is 2.29. The molecule has 1 heteroatoms. The SMILES string of the molecule is C#CC1CC(N2CCC2)C1. The summed E-state index contributed by atoms with van der Waals surface area (Å²) >= 11 is 0. The van der Waals surface area contributed by atoms with Crippen molar-refractivity contribution in [1.29, 1.82) is 0 Å². The zero-order valence-corrected chi connectivity index (χ0v) is 6.21. The highest BCUT2D eigenvalue weighted by atomic mass is 15.2. The number of terminal acetylenes is 1. The lowest BCUT2D eigenvalue weighted by atomic mass is 9.79. The molecule has 0 aromatic heterocycles. The lowest BCUT2D eigenvalue weighted by Crippen LogP contribution is -2.50. The van der Waals surface area contributed by atoms with E-state index in [2.05, 4.69) is 10.8 Å². The van der Waals surface area contributed by atoms with Gasteiger partial charge in [0.25, 0.3) is 0 Å². The summed E-state index contributed by atoms with van der Waals surface area (Å²) in [6.45, 7) is 2.64. The Morgan fingerprint density at radius 1 is 1.30 bits per heavy atom. The third kappa shape index (κ3) is 0.839. The minimum Gasteiger partial charge on any atom is -0.300 e. The number of hydrogen-bond acceptors (Lipinski definition) is 1. The Morgan fingerprint density at radius 2 is 2.00 bits per heavy atom. The van der Waals surface area contributed by atoms with Crippen molar-refractivity contribution in [2.24, 2.45) is 5.92 Å². The lowest BCUT2D eigenvalue weighted by Gasteiger charge is -2.45. The van der Waals surface area contributed by atoms with E-state index in [4.69, 9.17) is 6.42 Å². The van der Waals surface area contributed by atoms with E-state index in [-0.39, 0.29) is 0 Å². The Kier molecular flexibility index (Phi) is 1.43. The molecule has 2 aliphatic rings. The molecule has 0 spiro atoms. The van der Waals surface area contributed by atoms with Crippen LogP contribution in [0.15, 0.2) is 0 Å².